The number of aromatic nitrogens is 2. The van der Waals surface area contributed by atoms with Gasteiger partial charge in [-0.1, -0.05) is 41.9 Å². The van der Waals surface area contributed by atoms with Gasteiger partial charge in [0.2, 0.25) is 0 Å². The molecule has 5 rings (SSSR count). The zero-order valence-corrected chi connectivity index (χ0v) is 18.0. The van der Waals surface area contributed by atoms with Gasteiger partial charge in [-0.3, -0.25) is 4.98 Å². The third-order valence-electron chi connectivity index (χ3n) is 5.79. The molecular weight excluding hydrogens is 455 g/mol. The number of nitrogens with zero attached hydrogens (tertiary/aromatic N) is 2. The van der Waals surface area contributed by atoms with Crippen molar-refractivity contribution in [1.29, 1.82) is 0 Å². The number of benzene rings is 2. The quantitative estimate of drug-likeness (QED) is 0.329. The van der Waals surface area contributed by atoms with Crippen LogP contribution in [0.1, 0.15) is 24.4 Å². The summed E-state index contributed by atoms with van der Waals surface area (Å²) in [6.45, 7) is 1.44. The lowest BCUT2D eigenvalue weighted by molar-refractivity contribution is 0.0552. The van der Waals surface area contributed by atoms with Crippen LogP contribution in [-0.4, -0.2) is 22.8 Å². The van der Waals surface area contributed by atoms with E-state index >= 15 is 4.39 Å². The number of fused-ring (bicyclic) bond motifs is 3. The second kappa shape index (κ2) is 7.71. The van der Waals surface area contributed by atoms with Crippen molar-refractivity contribution in [3.63, 3.8) is 0 Å². The maximum absolute atomic E-state index is 15.4. The van der Waals surface area contributed by atoms with E-state index in [2.05, 4.69) is 37.6 Å². The molecule has 3 nitrogen and oxygen atoms in total. The molecule has 0 N–H and O–H groups in total. The molecular formula is C23H19BrClFN2O. The Morgan fingerprint density at radius 1 is 1.14 bits per heavy atom. The van der Waals surface area contributed by atoms with Gasteiger partial charge in [-0.25, -0.2) is 4.39 Å². The first kappa shape index (κ1) is 19.0. The van der Waals surface area contributed by atoms with Crippen LogP contribution >= 0.6 is 27.5 Å². The minimum atomic E-state index is -0.397. The summed E-state index contributed by atoms with van der Waals surface area (Å²) in [5.74, 6) is -0.0754. The van der Waals surface area contributed by atoms with Gasteiger partial charge in [-0.2, -0.15) is 0 Å². The molecule has 148 valence electrons. The summed E-state index contributed by atoms with van der Waals surface area (Å²) in [6.07, 6.45) is 3.60. The number of hydrogen-bond acceptors (Lipinski definition) is 2. The fourth-order valence-corrected chi connectivity index (χ4v) is 4.98. The van der Waals surface area contributed by atoms with Crippen LogP contribution in [0.5, 0.6) is 0 Å². The molecule has 1 aliphatic heterocycles. The first-order valence-electron chi connectivity index (χ1n) is 9.71. The summed E-state index contributed by atoms with van der Waals surface area (Å²) in [4.78, 5) is 4.62. The second-order valence-electron chi connectivity index (χ2n) is 7.45. The van der Waals surface area contributed by atoms with E-state index in [0.29, 0.717) is 11.4 Å². The number of pyridine rings is 1. The summed E-state index contributed by atoms with van der Waals surface area (Å²) in [5.41, 5.74) is 3.35. The summed E-state index contributed by atoms with van der Waals surface area (Å²) >= 11 is 9.76. The fourth-order valence-electron chi connectivity index (χ4n) is 4.51. The number of halogens is 3. The normalized spacial score (nSPS) is 16.5. The second-order valence-corrected chi connectivity index (χ2v) is 8.78. The topological polar surface area (TPSA) is 27.1 Å². The third-order valence-corrected chi connectivity index (χ3v) is 6.52. The molecule has 0 bridgehead atoms. The smallest absolute Gasteiger partial charge is 0.166 e. The van der Waals surface area contributed by atoms with Crippen molar-refractivity contribution in [2.45, 2.75) is 18.9 Å². The lowest BCUT2D eigenvalue weighted by atomic mass is 9.86. The van der Waals surface area contributed by atoms with Gasteiger partial charge in [-0.15, -0.1) is 0 Å². The Balaban J connectivity index is 1.88. The van der Waals surface area contributed by atoms with E-state index in [0.717, 1.165) is 52.5 Å². The van der Waals surface area contributed by atoms with Crippen LogP contribution in [0.3, 0.4) is 0 Å². The van der Waals surface area contributed by atoms with Gasteiger partial charge in [0.25, 0.3) is 0 Å². The Hall–Kier alpha value is -1.95. The highest BCUT2D eigenvalue weighted by Crippen LogP contribution is 2.42. The molecule has 2 aromatic carbocycles. The lowest BCUT2D eigenvalue weighted by Crippen LogP contribution is -2.27. The predicted molar refractivity (Wildman–Crippen MR) is 118 cm³/mol. The summed E-state index contributed by atoms with van der Waals surface area (Å²) in [7, 11) is 0. The van der Waals surface area contributed by atoms with E-state index in [4.69, 9.17) is 16.3 Å². The molecule has 3 heterocycles. The van der Waals surface area contributed by atoms with Gasteiger partial charge < -0.3 is 9.30 Å². The Bertz CT molecular complexity index is 1190. The number of rotatable bonds is 3. The maximum Gasteiger partial charge on any atom is 0.166 e. The van der Waals surface area contributed by atoms with Crippen LogP contribution in [-0.2, 0) is 4.74 Å². The van der Waals surface area contributed by atoms with Gasteiger partial charge in [-0.05, 0) is 58.5 Å². The third kappa shape index (κ3) is 3.25. The van der Waals surface area contributed by atoms with Crippen LogP contribution < -0.4 is 0 Å². The molecule has 0 amide bonds. The van der Waals surface area contributed by atoms with Crippen molar-refractivity contribution >= 4 is 49.5 Å². The van der Waals surface area contributed by atoms with E-state index in [1.807, 2.05) is 30.3 Å². The van der Waals surface area contributed by atoms with E-state index in [1.54, 1.807) is 12.3 Å². The molecule has 0 radical (unpaired) electrons. The average molecular weight is 474 g/mol. The molecule has 6 heteroatoms. The van der Waals surface area contributed by atoms with Gasteiger partial charge in [0.1, 0.15) is 0 Å². The Kier molecular flexibility index (Phi) is 5.06. The molecule has 0 spiro atoms. The molecule has 29 heavy (non-hydrogen) atoms. The molecule has 0 unspecified atom stereocenters. The number of hydrogen-bond donors (Lipinski definition) is 0. The monoisotopic (exact) mass is 472 g/mol. The highest BCUT2D eigenvalue weighted by Gasteiger charge is 2.31. The van der Waals surface area contributed by atoms with Crippen LogP contribution in [0.2, 0.25) is 5.02 Å². The summed E-state index contributed by atoms with van der Waals surface area (Å²) < 4.78 is 24.0. The zero-order chi connectivity index (χ0) is 20.0. The first-order chi connectivity index (χ1) is 14.1. The van der Waals surface area contributed by atoms with E-state index in [-0.39, 0.29) is 11.1 Å². The van der Waals surface area contributed by atoms with E-state index in [9.17, 15) is 0 Å². The standard InChI is InChI=1S/C23H19BrClFN2O/c24-16-12-19-21(27-13-16)17-6-7-18(25)20(26)23(17)28(19)22(14-4-2-1-3-5-14)15-8-10-29-11-9-15/h1-7,12-13,15,22H,8-11H2/t22-/m1/s1. The highest BCUT2D eigenvalue weighted by atomic mass is 79.9. The van der Waals surface area contributed by atoms with Gasteiger partial charge in [0.05, 0.1) is 27.6 Å². The molecule has 4 aromatic rings. The first-order valence-corrected chi connectivity index (χ1v) is 10.9. The minimum absolute atomic E-state index is 0.0378. The van der Waals surface area contributed by atoms with Crippen LogP contribution in [0.15, 0.2) is 59.2 Å². The van der Waals surface area contributed by atoms with Gasteiger partial charge >= 0.3 is 0 Å². The van der Waals surface area contributed by atoms with Gasteiger partial charge in [0.15, 0.2) is 5.82 Å². The minimum Gasteiger partial charge on any atom is -0.381 e. The molecule has 2 aromatic heterocycles. The van der Waals surface area contributed by atoms with Crippen molar-refractivity contribution < 1.29 is 9.13 Å². The molecule has 1 atom stereocenters. The van der Waals surface area contributed by atoms with Crippen molar-refractivity contribution in [2.24, 2.45) is 5.92 Å². The molecule has 0 saturated carbocycles. The average Bonchev–Trinajstić information content (AvgIpc) is 3.06. The van der Waals surface area contributed by atoms with Crippen molar-refractivity contribution in [3.8, 4) is 0 Å². The summed E-state index contributed by atoms with van der Waals surface area (Å²) in [5, 5.41) is 0.904. The highest BCUT2D eigenvalue weighted by molar-refractivity contribution is 9.10. The number of ether oxygens (including phenoxy) is 1. The molecule has 1 saturated heterocycles. The SMILES string of the molecule is Fc1c(Cl)ccc2c3ncc(Br)cc3n([C@H](c3ccccc3)C3CCOCC3)c12. The molecule has 1 fully saturated rings. The maximum atomic E-state index is 15.4. The van der Waals surface area contributed by atoms with E-state index in [1.165, 1.54) is 0 Å². The van der Waals surface area contributed by atoms with Crippen molar-refractivity contribution in [1.82, 2.24) is 9.55 Å². The van der Waals surface area contributed by atoms with Crippen molar-refractivity contribution in [3.05, 3.63) is 75.6 Å². The van der Waals surface area contributed by atoms with Crippen LogP contribution in [0.4, 0.5) is 4.39 Å². The molecule has 1 aliphatic rings. The lowest BCUT2D eigenvalue weighted by Gasteiger charge is -2.33. The van der Waals surface area contributed by atoms with E-state index < -0.39 is 5.82 Å². The Morgan fingerprint density at radius 2 is 1.90 bits per heavy atom. The fraction of sp³-hybridized carbons (Fsp3) is 0.261. The Morgan fingerprint density at radius 3 is 2.66 bits per heavy atom. The largest absolute Gasteiger partial charge is 0.381 e. The summed E-state index contributed by atoms with van der Waals surface area (Å²) in [6, 6.07) is 15.8. The van der Waals surface area contributed by atoms with Crippen molar-refractivity contribution in [2.75, 3.05) is 13.2 Å². The van der Waals surface area contributed by atoms with Crippen LogP contribution in [0.25, 0.3) is 21.9 Å². The zero-order valence-electron chi connectivity index (χ0n) is 15.6. The van der Waals surface area contributed by atoms with Crippen LogP contribution in [0, 0.1) is 11.7 Å². The predicted octanol–water partition coefficient (Wildman–Crippen LogP) is 6.76. The molecule has 0 aliphatic carbocycles. The Labute approximate surface area is 181 Å². The van der Waals surface area contributed by atoms with Gasteiger partial charge in [0, 0.05) is 29.3 Å².